The van der Waals surface area contributed by atoms with Gasteiger partial charge in [-0.1, -0.05) is 6.92 Å². The highest BCUT2D eigenvalue weighted by Crippen LogP contribution is 2.31. The van der Waals surface area contributed by atoms with Crippen molar-refractivity contribution in [2.75, 3.05) is 13.2 Å². The molecule has 1 N–H and O–H groups in total. The van der Waals surface area contributed by atoms with E-state index in [4.69, 9.17) is 4.74 Å². The molecule has 1 aromatic rings. The van der Waals surface area contributed by atoms with Crippen molar-refractivity contribution in [3.8, 4) is 0 Å². The fraction of sp³-hybridized carbons (Fsp3) is 0.917. The number of tetrazole rings is 1. The molecule has 0 radical (unpaired) electrons. The van der Waals surface area contributed by atoms with Gasteiger partial charge in [-0.05, 0) is 41.5 Å². The van der Waals surface area contributed by atoms with Crippen molar-refractivity contribution in [3.63, 3.8) is 0 Å². The molecular formula is C12H21N5O. The van der Waals surface area contributed by atoms with E-state index in [1.54, 1.807) is 0 Å². The first kappa shape index (κ1) is 12.0. The minimum Gasteiger partial charge on any atom is -0.381 e. The molecule has 0 bridgehead atoms. The number of ether oxygens (including phenoxy) is 1. The molecule has 18 heavy (non-hydrogen) atoms. The van der Waals surface area contributed by atoms with Gasteiger partial charge in [0, 0.05) is 19.3 Å². The van der Waals surface area contributed by atoms with E-state index >= 15 is 0 Å². The van der Waals surface area contributed by atoms with E-state index in [2.05, 4.69) is 27.8 Å². The topological polar surface area (TPSA) is 64.9 Å². The van der Waals surface area contributed by atoms with Crippen LogP contribution in [0.25, 0.3) is 0 Å². The lowest BCUT2D eigenvalue weighted by atomic mass is 9.82. The van der Waals surface area contributed by atoms with Crippen LogP contribution in [0.3, 0.4) is 0 Å². The summed E-state index contributed by atoms with van der Waals surface area (Å²) >= 11 is 0. The predicted molar refractivity (Wildman–Crippen MR) is 65.8 cm³/mol. The standard InChI is InChI=1S/C12H21N5O/c1-12(4-6-18-7-5-12)9-17-11(14-15-16-17)8-13-10-2-3-10/h10,13H,2-9H2,1H3. The van der Waals surface area contributed by atoms with Gasteiger partial charge in [0.15, 0.2) is 5.82 Å². The summed E-state index contributed by atoms with van der Waals surface area (Å²) in [5.41, 5.74) is 0.266. The molecule has 3 rings (SSSR count). The smallest absolute Gasteiger partial charge is 0.165 e. The molecule has 2 fully saturated rings. The number of hydrogen-bond acceptors (Lipinski definition) is 5. The van der Waals surface area contributed by atoms with Crippen LogP contribution in [-0.4, -0.2) is 39.5 Å². The van der Waals surface area contributed by atoms with E-state index in [9.17, 15) is 0 Å². The van der Waals surface area contributed by atoms with Gasteiger partial charge in [0.25, 0.3) is 0 Å². The molecule has 0 atom stereocenters. The zero-order valence-electron chi connectivity index (χ0n) is 10.9. The Morgan fingerprint density at radius 2 is 2.17 bits per heavy atom. The van der Waals surface area contributed by atoms with Crippen LogP contribution < -0.4 is 5.32 Å². The number of rotatable bonds is 5. The van der Waals surface area contributed by atoms with Gasteiger partial charge in [-0.15, -0.1) is 5.10 Å². The largest absolute Gasteiger partial charge is 0.381 e. The Hall–Kier alpha value is -1.01. The first-order valence-corrected chi connectivity index (χ1v) is 6.81. The second kappa shape index (κ2) is 4.93. The van der Waals surface area contributed by atoms with E-state index in [0.717, 1.165) is 45.0 Å². The van der Waals surface area contributed by atoms with Crippen molar-refractivity contribution < 1.29 is 4.74 Å². The van der Waals surface area contributed by atoms with Crippen LogP contribution in [0, 0.1) is 5.41 Å². The fourth-order valence-corrected chi connectivity index (χ4v) is 2.38. The molecule has 1 aliphatic carbocycles. The number of nitrogens with one attached hydrogen (secondary N) is 1. The van der Waals surface area contributed by atoms with E-state index < -0.39 is 0 Å². The van der Waals surface area contributed by atoms with Crippen LogP contribution in [0.1, 0.15) is 38.4 Å². The molecule has 1 aromatic heterocycles. The van der Waals surface area contributed by atoms with Crippen molar-refractivity contribution in [1.82, 2.24) is 25.5 Å². The van der Waals surface area contributed by atoms with Gasteiger partial charge in [0.1, 0.15) is 0 Å². The lowest BCUT2D eigenvalue weighted by Crippen LogP contribution is -2.32. The molecule has 6 nitrogen and oxygen atoms in total. The average Bonchev–Trinajstić information content (AvgIpc) is 3.09. The number of hydrogen-bond donors (Lipinski definition) is 1. The highest BCUT2D eigenvalue weighted by molar-refractivity contribution is 4.88. The van der Waals surface area contributed by atoms with Crippen LogP contribution in [0.2, 0.25) is 0 Å². The monoisotopic (exact) mass is 251 g/mol. The Kier molecular flexibility index (Phi) is 3.30. The lowest BCUT2D eigenvalue weighted by molar-refractivity contribution is 0.0131. The van der Waals surface area contributed by atoms with Crippen LogP contribution >= 0.6 is 0 Å². The molecule has 6 heteroatoms. The summed E-state index contributed by atoms with van der Waals surface area (Å²) in [7, 11) is 0. The summed E-state index contributed by atoms with van der Waals surface area (Å²) in [4.78, 5) is 0. The van der Waals surface area contributed by atoms with E-state index in [0.29, 0.717) is 6.04 Å². The summed E-state index contributed by atoms with van der Waals surface area (Å²) in [6.07, 6.45) is 4.75. The SMILES string of the molecule is CC1(Cn2nnnc2CNC2CC2)CCOCC1. The van der Waals surface area contributed by atoms with Gasteiger partial charge in [0.2, 0.25) is 0 Å². The normalized spacial score (nSPS) is 23.2. The molecule has 1 saturated heterocycles. The highest BCUT2D eigenvalue weighted by atomic mass is 16.5. The Bertz CT molecular complexity index is 395. The molecular weight excluding hydrogens is 230 g/mol. The Morgan fingerprint density at radius 1 is 1.39 bits per heavy atom. The van der Waals surface area contributed by atoms with Crippen LogP contribution in [-0.2, 0) is 17.8 Å². The van der Waals surface area contributed by atoms with Gasteiger partial charge >= 0.3 is 0 Å². The maximum absolute atomic E-state index is 5.43. The van der Waals surface area contributed by atoms with Crippen molar-refractivity contribution >= 4 is 0 Å². The van der Waals surface area contributed by atoms with E-state index in [1.165, 1.54) is 12.8 Å². The predicted octanol–water partition coefficient (Wildman–Crippen LogP) is 0.742. The number of nitrogens with zero attached hydrogens (tertiary/aromatic N) is 4. The first-order chi connectivity index (χ1) is 8.75. The molecule has 2 heterocycles. The van der Waals surface area contributed by atoms with Gasteiger partial charge in [0.05, 0.1) is 13.1 Å². The van der Waals surface area contributed by atoms with E-state index in [-0.39, 0.29) is 5.41 Å². The second-order valence-corrected chi connectivity index (χ2v) is 5.83. The molecule has 100 valence electrons. The van der Waals surface area contributed by atoms with Crippen molar-refractivity contribution in [1.29, 1.82) is 0 Å². The van der Waals surface area contributed by atoms with Crippen LogP contribution in [0.5, 0.6) is 0 Å². The van der Waals surface area contributed by atoms with Gasteiger partial charge < -0.3 is 10.1 Å². The summed E-state index contributed by atoms with van der Waals surface area (Å²) in [5, 5.41) is 15.5. The third-order valence-electron chi connectivity index (χ3n) is 3.96. The molecule has 0 amide bonds. The number of aromatic nitrogens is 4. The maximum atomic E-state index is 5.43. The molecule has 0 unspecified atom stereocenters. The van der Waals surface area contributed by atoms with Crippen molar-refractivity contribution in [2.24, 2.45) is 5.41 Å². The van der Waals surface area contributed by atoms with Crippen molar-refractivity contribution in [3.05, 3.63) is 5.82 Å². The summed E-state index contributed by atoms with van der Waals surface area (Å²) in [6, 6.07) is 0.689. The summed E-state index contributed by atoms with van der Waals surface area (Å²) < 4.78 is 7.39. The van der Waals surface area contributed by atoms with Gasteiger partial charge in [-0.25, -0.2) is 4.68 Å². The van der Waals surface area contributed by atoms with Crippen LogP contribution in [0.4, 0.5) is 0 Å². The Morgan fingerprint density at radius 3 is 2.89 bits per heavy atom. The fourth-order valence-electron chi connectivity index (χ4n) is 2.38. The molecule has 0 spiro atoms. The van der Waals surface area contributed by atoms with Crippen molar-refractivity contribution in [2.45, 2.75) is 51.7 Å². The van der Waals surface area contributed by atoms with Gasteiger partial charge in [-0.2, -0.15) is 0 Å². The third-order valence-corrected chi connectivity index (χ3v) is 3.96. The van der Waals surface area contributed by atoms with E-state index in [1.807, 2.05) is 4.68 Å². The maximum Gasteiger partial charge on any atom is 0.165 e. The van der Waals surface area contributed by atoms with Crippen LogP contribution in [0.15, 0.2) is 0 Å². The second-order valence-electron chi connectivity index (χ2n) is 5.83. The first-order valence-electron chi connectivity index (χ1n) is 6.81. The molecule has 0 aromatic carbocycles. The van der Waals surface area contributed by atoms with Gasteiger partial charge in [-0.3, -0.25) is 0 Å². The average molecular weight is 251 g/mol. The Labute approximate surface area is 107 Å². The zero-order chi connectivity index (χ0) is 12.4. The minimum atomic E-state index is 0.266. The highest BCUT2D eigenvalue weighted by Gasteiger charge is 2.29. The summed E-state index contributed by atoms with van der Waals surface area (Å²) in [5.74, 6) is 0.953. The molecule has 1 saturated carbocycles. The minimum absolute atomic E-state index is 0.266. The third kappa shape index (κ3) is 2.87. The molecule has 2 aliphatic rings. The quantitative estimate of drug-likeness (QED) is 0.836. The molecule has 1 aliphatic heterocycles. The zero-order valence-corrected chi connectivity index (χ0v) is 10.9. The summed E-state index contributed by atoms with van der Waals surface area (Å²) in [6.45, 7) is 5.69. The lowest BCUT2D eigenvalue weighted by Gasteiger charge is -2.33. The Balaban J connectivity index is 1.62.